The van der Waals surface area contributed by atoms with Gasteiger partial charge >= 0.3 is 30.8 Å². The van der Waals surface area contributed by atoms with Gasteiger partial charge in [0.25, 0.3) is 0 Å². The zero-order valence-corrected chi connectivity index (χ0v) is 14.9. The van der Waals surface area contributed by atoms with Crippen molar-refractivity contribution in [3.05, 3.63) is 0 Å². The van der Waals surface area contributed by atoms with Gasteiger partial charge in [-0.15, -0.1) is 0 Å². The minimum absolute atomic E-state index is 0. The summed E-state index contributed by atoms with van der Waals surface area (Å²) < 4.78 is 0. The van der Waals surface area contributed by atoms with Gasteiger partial charge in [-0.1, -0.05) is 78.6 Å². The molecule has 0 aliphatic heterocycles. The van der Waals surface area contributed by atoms with E-state index in [0.717, 1.165) is 12.8 Å². The Kier molecular flexibility index (Phi) is 14.1. The summed E-state index contributed by atoms with van der Waals surface area (Å²) in [6.45, 7) is 5.55. The Hall–Kier alpha value is -0.463. The molecule has 0 aromatic rings. The molecule has 0 fully saturated rings. The molecule has 0 aliphatic rings. The minimum atomic E-state index is -1.62. The third-order valence-corrected chi connectivity index (χ3v) is 4.42. The standard InChI is InChI=1S/C17H32O4.Li.H/c1-4-5-6-7-8-9-10-11-12-13-17(14(2)3,15(18)19)16(20)21;;/h14H,4-13H2,1-3H3,(H,18,19)(H,20,21);;/q;+1;-1. The first-order valence-corrected chi connectivity index (χ1v) is 8.36. The number of unbranched alkanes of at least 4 members (excludes halogenated alkanes) is 8. The molecule has 5 heteroatoms. The summed E-state index contributed by atoms with van der Waals surface area (Å²) in [7, 11) is 0. The second kappa shape index (κ2) is 13.0. The Morgan fingerprint density at radius 2 is 1.23 bits per heavy atom. The maximum Gasteiger partial charge on any atom is 1.00 e. The molecule has 0 aromatic carbocycles. The number of carbonyl (C=O) groups is 2. The fourth-order valence-electron chi connectivity index (χ4n) is 2.80. The molecular weight excluding hydrogens is 275 g/mol. The Bertz CT molecular complexity index is 308. The zero-order chi connectivity index (χ0) is 16.3. The van der Waals surface area contributed by atoms with E-state index in [9.17, 15) is 19.8 Å². The molecule has 0 spiro atoms. The third-order valence-electron chi connectivity index (χ3n) is 4.42. The van der Waals surface area contributed by atoms with Crippen molar-refractivity contribution in [2.75, 3.05) is 0 Å². The molecule has 0 saturated carbocycles. The van der Waals surface area contributed by atoms with E-state index in [4.69, 9.17) is 0 Å². The van der Waals surface area contributed by atoms with E-state index >= 15 is 0 Å². The van der Waals surface area contributed by atoms with Gasteiger partial charge in [0.05, 0.1) is 0 Å². The molecule has 0 heterocycles. The maximum absolute atomic E-state index is 11.4. The van der Waals surface area contributed by atoms with Crippen molar-refractivity contribution in [1.82, 2.24) is 0 Å². The van der Waals surface area contributed by atoms with Crippen LogP contribution in [0.2, 0.25) is 0 Å². The van der Waals surface area contributed by atoms with Gasteiger partial charge in [-0.25, -0.2) is 0 Å². The first-order valence-electron chi connectivity index (χ1n) is 8.36. The monoisotopic (exact) mass is 308 g/mol. The SMILES string of the molecule is CCCCCCCCCCCC(C(=O)O)(C(=O)O)C(C)C.[H-].[Li+]. The van der Waals surface area contributed by atoms with Crippen LogP contribution in [0.3, 0.4) is 0 Å². The fraction of sp³-hybridized carbons (Fsp3) is 0.882. The van der Waals surface area contributed by atoms with E-state index in [1.807, 2.05) is 0 Å². The van der Waals surface area contributed by atoms with E-state index in [1.165, 1.54) is 38.5 Å². The van der Waals surface area contributed by atoms with E-state index in [2.05, 4.69) is 6.92 Å². The van der Waals surface area contributed by atoms with Crippen molar-refractivity contribution in [2.24, 2.45) is 11.3 Å². The van der Waals surface area contributed by atoms with Gasteiger partial charge in [0.2, 0.25) is 0 Å². The Labute approximate surface area is 148 Å². The molecule has 0 bridgehead atoms. The quantitative estimate of drug-likeness (QED) is 0.309. The summed E-state index contributed by atoms with van der Waals surface area (Å²) in [5.74, 6) is -2.81. The van der Waals surface area contributed by atoms with Gasteiger partial charge in [-0.2, -0.15) is 0 Å². The summed E-state index contributed by atoms with van der Waals surface area (Å²) in [5.41, 5.74) is -1.62. The van der Waals surface area contributed by atoms with Gasteiger partial charge in [-0.05, 0) is 12.3 Å². The molecule has 0 aromatic heterocycles. The molecule has 4 nitrogen and oxygen atoms in total. The summed E-state index contributed by atoms with van der Waals surface area (Å²) in [5, 5.41) is 18.6. The summed E-state index contributed by atoms with van der Waals surface area (Å²) in [6, 6.07) is 0. The molecule has 0 atom stereocenters. The van der Waals surface area contributed by atoms with E-state index in [0.29, 0.717) is 6.42 Å². The van der Waals surface area contributed by atoms with Crippen LogP contribution in [-0.4, -0.2) is 22.2 Å². The molecule has 0 unspecified atom stereocenters. The average molecular weight is 308 g/mol. The van der Waals surface area contributed by atoms with Gasteiger partial charge in [0.15, 0.2) is 5.41 Å². The van der Waals surface area contributed by atoms with Crippen LogP contribution in [-0.2, 0) is 9.59 Å². The van der Waals surface area contributed by atoms with Crippen molar-refractivity contribution in [1.29, 1.82) is 0 Å². The fourth-order valence-corrected chi connectivity index (χ4v) is 2.80. The first-order chi connectivity index (χ1) is 9.89. The van der Waals surface area contributed by atoms with Crippen LogP contribution in [0.5, 0.6) is 0 Å². The predicted octanol–water partition coefficient (Wildman–Crippen LogP) is 1.84. The van der Waals surface area contributed by atoms with Crippen molar-refractivity contribution in [2.45, 2.75) is 85.0 Å². The molecule has 0 saturated heterocycles. The van der Waals surface area contributed by atoms with Crippen LogP contribution in [0.25, 0.3) is 0 Å². The van der Waals surface area contributed by atoms with Crippen LogP contribution in [0.4, 0.5) is 0 Å². The Morgan fingerprint density at radius 1 is 0.864 bits per heavy atom. The van der Waals surface area contributed by atoms with E-state index in [-0.39, 0.29) is 26.7 Å². The maximum atomic E-state index is 11.4. The van der Waals surface area contributed by atoms with Crippen molar-refractivity contribution in [3.8, 4) is 0 Å². The van der Waals surface area contributed by atoms with Crippen molar-refractivity contribution in [3.63, 3.8) is 0 Å². The minimum Gasteiger partial charge on any atom is -1.00 e. The van der Waals surface area contributed by atoms with Crippen LogP contribution >= 0.6 is 0 Å². The molecule has 0 amide bonds. The van der Waals surface area contributed by atoms with E-state index in [1.54, 1.807) is 13.8 Å². The number of rotatable bonds is 13. The summed E-state index contributed by atoms with van der Waals surface area (Å²) in [6.07, 6.45) is 10.4. The molecule has 0 aliphatic carbocycles. The second-order valence-electron chi connectivity index (χ2n) is 6.31. The number of carboxylic acids is 2. The third kappa shape index (κ3) is 7.70. The molecule has 2 N–H and O–H groups in total. The Morgan fingerprint density at radius 3 is 1.55 bits per heavy atom. The summed E-state index contributed by atoms with van der Waals surface area (Å²) >= 11 is 0. The molecule has 0 radical (unpaired) electrons. The van der Waals surface area contributed by atoms with Gasteiger partial charge < -0.3 is 11.6 Å². The summed E-state index contributed by atoms with van der Waals surface area (Å²) in [4.78, 5) is 22.8. The van der Waals surface area contributed by atoms with Gasteiger partial charge in [0, 0.05) is 0 Å². The van der Waals surface area contributed by atoms with Crippen LogP contribution < -0.4 is 18.9 Å². The number of hydrogen-bond donors (Lipinski definition) is 2. The molecule has 22 heavy (non-hydrogen) atoms. The van der Waals surface area contributed by atoms with Crippen LogP contribution in [0.15, 0.2) is 0 Å². The smallest absolute Gasteiger partial charge is 1.00 e. The topological polar surface area (TPSA) is 74.6 Å². The van der Waals surface area contributed by atoms with Crippen molar-refractivity contribution < 1.29 is 40.1 Å². The van der Waals surface area contributed by atoms with Crippen LogP contribution in [0, 0.1) is 11.3 Å². The van der Waals surface area contributed by atoms with Gasteiger partial charge in [0.1, 0.15) is 0 Å². The average Bonchev–Trinajstić information content (AvgIpc) is 2.39. The number of carboxylic acid groups (broad SMARTS) is 2. The van der Waals surface area contributed by atoms with Crippen LogP contribution in [0.1, 0.15) is 86.4 Å². The largest absolute Gasteiger partial charge is 1.00 e. The number of aliphatic carboxylic acids is 2. The van der Waals surface area contributed by atoms with Gasteiger partial charge in [-0.3, -0.25) is 9.59 Å². The normalized spacial score (nSPS) is 11.3. The first kappa shape index (κ1) is 23.8. The molecular formula is C17H33LiO4. The van der Waals surface area contributed by atoms with E-state index < -0.39 is 23.3 Å². The number of hydrogen-bond acceptors (Lipinski definition) is 2. The molecule has 0 rings (SSSR count). The predicted molar refractivity (Wildman–Crippen MR) is 85.5 cm³/mol. The van der Waals surface area contributed by atoms with Crippen molar-refractivity contribution >= 4 is 11.9 Å². The Balaban J connectivity index is -0.00000200. The zero-order valence-electron chi connectivity index (χ0n) is 15.9. The molecule has 126 valence electrons. The second-order valence-corrected chi connectivity index (χ2v) is 6.31.